The lowest BCUT2D eigenvalue weighted by Gasteiger charge is -2.28. The predicted octanol–water partition coefficient (Wildman–Crippen LogP) is 5.21. The third kappa shape index (κ3) is 5.10. The van der Waals surface area contributed by atoms with E-state index in [1.54, 1.807) is 0 Å². The van der Waals surface area contributed by atoms with Crippen LogP contribution < -0.4 is 0 Å². The maximum absolute atomic E-state index is 7.40. The molecule has 146 valence electrons. The van der Waals surface area contributed by atoms with Gasteiger partial charge in [0, 0.05) is 31.3 Å². The molecule has 0 saturated carbocycles. The summed E-state index contributed by atoms with van der Waals surface area (Å²) in [7, 11) is 0. The minimum absolute atomic E-state index is 0.264. The highest BCUT2D eigenvalue weighted by Crippen LogP contribution is 2.35. The standard InChI is InChI=1S/C24H34N2O/c1-18-12-23(8-10-24(18,3)4)27-17-22-13-19(2)26(16-22)11-9-20-6-5-7-21(14-20)15-25/h5-8,12,14-15,19,22,25H,9-11,13,16-17H2,1-4H3/t19-,22?/m1/s1. The van der Waals surface area contributed by atoms with Crippen molar-refractivity contribution in [1.29, 1.82) is 5.41 Å². The molecule has 0 radical (unpaired) electrons. The smallest absolute Gasteiger partial charge is 0.115 e. The van der Waals surface area contributed by atoms with Gasteiger partial charge >= 0.3 is 0 Å². The molecule has 1 saturated heterocycles. The molecule has 3 nitrogen and oxygen atoms in total. The van der Waals surface area contributed by atoms with Gasteiger partial charge in [-0.15, -0.1) is 0 Å². The molecule has 1 aromatic rings. The van der Waals surface area contributed by atoms with Crippen molar-refractivity contribution >= 4 is 6.21 Å². The number of likely N-dealkylation sites (tertiary alicyclic amines) is 1. The van der Waals surface area contributed by atoms with Crippen molar-refractivity contribution in [3.05, 3.63) is 58.9 Å². The highest BCUT2D eigenvalue weighted by Gasteiger charge is 2.29. The van der Waals surface area contributed by atoms with Crippen molar-refractivity contribution in [3.63, 3.8) is 0 Å². The van der Waals surface area contributed by atoms with E-state index >= 15 is 0 Å². The highest BCUT2D eigenvalue weighted by atomic mass is 16.5. The minimum Gasteiger partial charge on any atom is -0.494 e. The van der Waals surface area contributed by atoms with E-state index in [1.165, 1.54) is 23.8 Å². The molecule has 1 heterocycles. The zero-order valence-corrected chi connectivity index (χ0v) is 17.3. The van der Waals surface area contributed by atoms with Gasteiger partial charge in [0.2, 0.25) is 0 Å². The van der Waals surface area contributed by atoms with Crippen molar-refractivity contribution in [3.8, 4) is 0 Å². The Hall–Kier alpha value is -1.87. The summed E-state index contributed by atoms with van der Waals surface area (Å²) in [5.41, 5.74) is 3.98. The van der Waals surface area contributed by atoms with Crippen LogP contribution in [0.2, 0.25) is 0 Å². The second kappa shape index (κ2) is 8.43. The Balaban J connectivity index is 1.47. The first-order valence-electron chi connectivity index (χ1n) is 10.2. The number of ether oxygens (including phenoxy) is 1. The van der Waals surface area contributed by atoms with Crippen LogP contribution in [0.1, 0.15) is 51.7 Å². The van der Waals surface area contributed by atoms with Crippen LogP contribution in [0.15, 0.2) is 47.7 Å². The van der Waals surface area contributed by atoms with Crippen LogP contribution in [0.5, 0.6) is 0 Å². The lowest BCUT2D eigenvalue weighted by Crippen LogP contribution is -2.29. The van der Waals surface area contributed by atoms with Crippen molar-refractivity contribution in [2.45, 2.75) is 53.0 Å². The van der Waals surface area contributed by atoms with Crippen molar-refractivity contribution in [1.82, 2.24) is 4.90 Å². The van der Waals surface area contributed by atoms with Crippen LogP contribution in [0.4, 0.5) is 0 Å². The number of nitrogens with zero attached hydrogens (tertiary/aromatic N) is 1. The first kappa shape index (κ1) is 19.9. The zero-order chi connectivity index (χ0) is 19.4. The van der Waals surface area contributed by atoms with Gasteiger partial charge in [0.1, 0.15) is 5.76 Å². The molecule has 1 aliphatic heterocycles. The summed E-state index contributed by atoms with van der Waals surface area (Å²) in [5.74, 6) is 1.67. The van der Waals surface area contributed by atoms with E-state index in [0.717, 1.165) is 43.9 Å². The van der Waals surface area contributed by atoms with Gasteiger partial charge in [0.05, 0.1) is 6.61 Å². The summed E-state index contributed by atoms with van der Waals surface area (Å²) in [4.78, 5) is 2.59. The van der Waals surface area contributed by atoms with Gasteiger partial charge in [-0.1, -0.05) is 43.7 Å². The fourth-order valence-electron chi connectivity index (χ4n) is 4.06. The molecule has 2 aliphatic rings. The van der Waals surface area contributed by atoms with Crippen LogP contribution >= 0.6 is 0 Å². The number of allylic oxidation sites excluding steroid dienone is 3. The molecule has 1 N–H and O–H groups in total. The Morgan fingerprint density at radius 1 is 1.33 bits per heavy atom. The summed E-state index contributed by atoms with van der Waals surface area (Å²) < 4.78 is 6.15. The molecule has 1 fully saturated rings. The van der Waals surface area contributed by atoms with Crippen molar-refractivity contribution < 1.29 is 4.74 Å². The molecule has 0 spiro atoms. The quantitative estimate of drug-likeness (QED) is 0.672. The maximum Gasteiger partial charge on any atom is 0.115 e. The largest absolute Gasteiger partial charge is 0.494 e. The Labute approximate surface area is 164 Å². The average molecular weight is 367 g/mol. The van der Waals surface area contributed by atoms with Crippen molar-refractivity contribution in [2.75, 3.05) is 19.7 Å². The third-order valence-electron chi connectivity index (χ3n) is 6.32. The average Bonchev–Trinajstić information content (AvgIpc) is 3.01. The summed E-state index contributed by atoms with van der Waals surface area (Å²) in [5, 5.41) is 7.40. The van der Waals surface area contributed by atoms with Gasteiger partial charge < -0.3 is 10.1 Å². The molecule has 3 heteroatoms. The molecule has 2 atom stereocenters. The molecule has 1 aliphatic carbocycles. The fourth-order valence-corrected chi connectivity index (χ4v) is 4.06. The van der Waals surface area contributed by atoms with E-state index < -0.39 is 0 Å². The van der Waals surface area contributed by atoms with Crippen LogP contribution in [0, 0.1) is 16.7 Å². The number of hydrogen-bond acceptors (Lipinski definition) is 3. The van der Waals surface area contributed by atoms with Crippen LogP contribution in [-0.4, -0.2) is 36.9 Å². The van der Waals surface area contributed by atoms with Crippen LogP contribution in [0.25, 0.3) is 0 Å². The first-order valence-corrected chi connectivity index (χ1v) is 10.2. The van der Waals surface area contributed by atoms with E-state index in [4.69, 9.17) is 10.1 Å². The third-order valence-corrected chi connectivity index (χ3v) is 6.32. The Bertz CT molecular complexity index is 732. The SMILES string of the molecule is CC1=CC(OCC2C[C@@H](C)N(CCc3cccc(C=N)c3)C2)=CCC1(C)C. The number of rotatable bonds is 7. The second-order valence-corrected chi connectivity index (χ2v) is 8.92. The number of benzene rings is 1. The summed E-state index contributed by atoms with van der Waals surface area (Å²) in [6.07, 6.45) is 9.21. The highest BCUT2D eigenvalue weighted by molar-refractivity contribution is 5.77. The Morgan fingerprint density at radius 3 is 2.89 bits per heavy atom. The molecule has 3 rings (SSSR count). The van der Waals surface area contributed by atoms with E-state index in [-0.39, 0.29) is 5.41 Å². The molecular weight excluding hydrogens is 332 g/mol. The summed E-state index contributed by atoms with van der Waals surface area (Å²) in [6, 6.07) is 8.94. The normalized spacial score (nSPS) is 25.0. The molecular formula is C24H34N2O. The van der Waals surface area contributed by atoms with Gasteiger partial charge in [0.15, 0.2) is 0 Å². The Morgan fingerprint density at radius 2 is 2.15 bits per heavy atom. The summed E-state index contributed by atoms with van der Waals surface area (Å²) >= 11 is 0. The lowest BCUT2D eigenvalue weighted by atomic mass is 9.79. The topological polar surface area (TPSA) is 36.3 Å². The van der Waals surface area contributed by atoms with E-state index in [2.05, 4.69) is 62.9 Å². The molecule has 0 amide bonds. The molecule has 27 heavy (non-hydrogen) atoms. The van der Waals surface area contributed by atoms with Crippen molar-refractivity contribution in [2.24, 2.45) is 11.3 Å². The van der Waals surface area contributed by atoms with Crippen LogP contribution in [-0.2, 0) is 11.2 Å². The van der Waals surface area contributed by atoms with Gasteiger partial charge in [0.25, 0.3) is 0 Å². The molecule has 1 aromatic carbocycles. The van der Waals surface area contributed by atoms with Gasteiger partial charge in [-0.2, -0.15) is 0 Å². The van der Waals surface area contributed by atoms with Crippen LogP contribution in [0.3, 0.4) is 0 Å². The predicted molar refractivity (Wildman–Crippen MR) is 113 cm³/mol. The number of nitrogens with one attached hydrogen (secondary N) is 1. The Kier molecular flexibility index (Phi) is 6.21. The second-order valence-electron chi connectivity index (χ2n) is 8.92. The zero-order valence-electron chi connectivity index (χ0n) is 17.3. The maximum atomic E-state index is 7.40. The monoisotopic (exact) mass is 366 g/mol. The lowest BCUT2D eigenvalue weighted by molar-refractivity contribution is 0.169. The first-order chi connectivity index (χ1) is 12.9. The summed E-state index contributed by atoms with van der Waals surface area (Å²) in [6.45, 7) is 12.1. The molecule has 0 aromatic heterocycles. The van der Waals surface area contributed by atoms with E-state index in [0.29, 0.717) is 12.0 Å². The van der Waals surface area contributed by atoms with Gasteiger partial charge in [-0.3, -0.25) is 4.90 Å². The fraction of sp³-hybridized carbons (Fsp3) is 0.542. The minimum atomic E-state index is 0.264. The van der Waals surface area contributed by atoms with E-state index in [1.807, 2.05) is 6.07 Å². The van der Waals surface area contributed by atoms with Gasteiger partial charge in [-0.05, 0) is 61.8 Å². The molecule has 1 unspecified atom stereocenters. The van der Waals surface area contributed by atoms with E-state index in [9.17, 15) is 0 Å². The molecule has 0 bridgehead atoms. The number of hydrogen-bond donors (Lipinski definition) is 1. The van der Waals surface area contributed by atoms with Gasteiger partial charge in [-0.25, -0.2) is 0 Å².